The van der Waals surface area contributed by atoms with Crippen molar-refractivity contribution in [1.29, 1.82) is 0 Å². The maximum atomic E-state index is 13.3. The van der Waals surface area contributed by atoms with Crippen LogP contribution in [0.15, 0.2) is 48.2 Å². The summed E-state index contributed by atoms with van der Waals surface area (Å²) in [6.07, 6.45) is 2.49. The highest BCUT2D eigenvalue weighted by atomic mass is 16.5. The quantitative estimate of drug-likeness (QED) is 0.329. The molecule has 1 aliphatic heterocycles. The van der Waals surface area contributed by atoms with Crippen LogP contribution in [0.25, 0.3) is 11.4 Å². The molecular weight excluding hydrogens is 432 g/mol. The zero-order valence-electron chi connectivity index (χ0n) is 20.2. The van der Waals surface area contributed by atoms with E-state index in [1.54, 1.807) is 41.7 Å². The molecule has 178 valence electrons. The second kappa shape index (κ2) is 9.30. The van der Waals surface area contributed by atoms with Crippen molar-refractivity contribution in [2.24, 2.45) is 0 Å². The van der Waals surface area contributed by atoms with Crippen LogP contribution < -0.4 is 4.74 Å². The molecule has 0 bridgehead atoms. The van der Waals surface area contributed by atoms with Crippen LogP contribution in [0.3, 0.4) is 0 Å². The second-order valence-electron chi connectivity index (χ2n) is 8.85. The fraction of sp³-hybridized carbons (Fsp3) is 0.346. The Labute approximate surface area is 199 Å². The molecule has 0 aliphatic carbocycles. The normalized spacial score (nSPS) is 17.8. The van der Waals surface area contributed by atoms with E-state index in [2.05, 4.69) is 4.98 Å². The van der Waals surface area contributed by atoms with Gasteiger partial charge in [-0.05, 0) is 70.2 Å². The van der Waals surface area contributed by atoms with Crippen LogP contribution in [0, 0.1) is 13.8 Å². The lowest BCUT2D eigenvalue weighted by atomic mass is 9.96. The summed E-state index contributed by atoms with van der Waals surface area (Å²) in [5, 5.41) is 11.5. The number of aliphatic hydroxyl groups excluding tert-OH is 1. The number of ketones is 1. The van der Waals surface area contributed by atoms with Gasteiger partial charge in [0.15, 0.2) is 5.76 Å². The zero-order chi connectivity index (χ0) is 24.6. The van der Waals surface area contributed by atoms with E-state index in [9.17, 15) is 14.7 Å². The molecule has 1 N–H and O–H groups in total. The molecule has 1 fully saturated rings. The van der Waals surface area contributed by atoms with Crippen molar-refractivity contribution in [2.45, 2.75) is 26.3 Å². The van der Waals surface area contributed by atoms with E-state index in [1.807, 2.05) is 50.2 Å². The number of methoxy groups -OCH3 is 1. The molecule has 0 saturated carbocycles. The van der Waals surface area contributed by atoms with Gasteiger partial charge in [0.1, 0.15) is 17.1 Å². The molecule has 1 aliphatic rings. The number of pyridine rings is 1. The fourth-order valence-corrected chi connectivity index (χ4v) is 4.53. The van der Waals surface area contributed by atoms with Crippen molar-refractivity contribution in [1.82, 2.24) is 19.2 Å². The van der Waals surface area contributed by atoms with Crippen LogP contribution >= 0.6 is 0 Å². The van der Waals surface area contributed by atoms with Gasteiger partial charge in [-0.1, -0.05) is 18.2 Å². The van der Waals surface area contributed by atoms with Crippen LogP contribution in [0.4, 0.5) is 0 Å². The Morgan fingerprint density at radius 3 is 2.50 bits per heavy atom. The lowest BCUT2D eigenvalue weighted by Gasteiger charge is -2.26. The maximum absolute atomic E-state index is 13.3. The highest BCUT2D eigenvalue weighted by molar-refractivity contribution is 6.46. The van der Waals surface area contributed by atoms with Crippen molar-refractivity contribution >= 4 is 23.1 Å². The van der Waals surface area contributed by atoms with E-state index in [1.165, 1.54) is 0 Å². The van der Waals surface area contributed by atoms with E-state index >= 15 is 0 Å². The SMILES string of the molecule is COc1ccc([C@H]2/C(=C(\O)c3c(C)nc4c(C)cccn34)C(=O)C(=O)N2CCCN(C)C)cc1. The Morgan fingerprint density at radius 1 is 1.15 bits per heavy atom. The molecule has 1 amide bonds. The maximum Gasteiger partial charge on any atom is 0.295 e. The van der Waals surface area contributed by atoms with E-state index < -0.39 is 17.7 Å². The van der Waals surface area contributed by atoms with Gasteiger partial charge in [0.25, 0.3) is 11.7 Å². The Morgan fingerprint density at radius 2 is 1.85 bits per heavy atom. The number of fused-ring (bicyclic) bond motifs is 1. The first kappa shape index (κ1) is 23.5. The van der Waals surface area contributed by atoms with Gasteiger partial charge in [0, 0.05) is 12.7 Å². The summed E-state index contributed by atoms with van der Waals surface area (Å²) in [5.74, 6) is -0.847. The second-order valence-corrected chi connectivity index (χ2v) is 8.85. The number of hydrogen-bond acceptors (Lipinski definition) is 6. The number of carbonyl (C=O) groups excluding carboxylic acids is 2. The van der Waals surface area contributed by atoms with Crippen LogP contribution in [-0.2, 0) is 9.59 Å². The largest absolute Gasteiger partial charge is 0.505 e. The number of rotatable bonds is 7. The molecule has 2 aromatic heterocycles. The van der Waals surface area contributed by atoms with Gasteiger partial charge in [-0.15, -0.1) is 0 Å². The average molecular weight is 463 g/mol. The highest BCUT2D eigenvalue weighted by Gasteiger charge is 2.46. The van der Waals surface area contributed by atoms with Crippen LogP contribution in [-0.4, -0.2) is 70.3 Å². The Kier molecular flexibility index (Phi) is 6.43. The predicted octanol–water partition coefficient (Wildman–Crippen LogP) is 3.33. The minimum Gasteiger partial charge on any atom is -0.505 e. The van der Waals surface area contributed by atoms with Crippen molar-refractivity contribution in [3.63, 3.8) is 0 Å². The summed E-state index contributed by atoms with van der Waals surface area (Å²) >= 11 is 0. The van der Waals surface area contributed by atoms with Gasteiger partial charge in [-0.25, -0.2) is 4.98 Å². The predicted molar refractivity (Wildman–Crippen MR) is 130 cm³/mol. The monoisotopic (exact) mass is 462 g/mol. The third-order valence-corrected chi connectivity index (χ3v) is 6.22. The molecule has 1 saturated heterocycles. The average Bonchev–Trinajstić information content (AvgIpc) is 3.28. The van der Waals surface area contributed by atoms with Gasteiger partial charge in [-0.3, -0.25) is 14.0 Å². The van der Waals surface area contributed by atoms with E-state index in [-0.39, 0.29) is 11.3 Å². The number of amides is 1. The fourth-order valence-electron chi connectivity index (χ4n) is 4.53. The van der Waals surface area contributed by atoms with E-state index in [4.69, 9.17) is 4.74 Å². The first-order valence-corrected chi connectivity index (χ1v) is 11.3. The van der Waals surface area contributed by atoms with Crippen LogP contribution in [0.1, 0.15) is 35.0 Å². The molecule has 4 rings (SSSR count). The minimum absolute atomic E-state index is 0.0754. The number of benzene rings is 1. The summed E-state index contributed by atoms with van der Waals surface area (Å²) in [7, 11) is 5.51. The third kappa shape index (κ3) is 4.05. The summed E-state index contributed by atoms with van der Waals surface area (Å²) in [4.78, 5) is 34.6. The standard InChI is InChI=1S/C26H30N4O4/c1-16-8-6-14-29-21(17(2)27-25(16)29)23(31)20-22(18-9-11-19(34-5)12-10-18)30(26(33)24(20)32)15-7-13-28(3)4/h6,8-12,14,22,31H,7,13,15H2,1-5H3/b23-20+/t22-/m0/s1. The van der Waals surface area contributed by atoms with Gasteiger partial charge in [0.2, 0.25) is 0 Å². The number of Topliss-reactive ketones (excluding diaryl/α,β-unsaturated/α-hetero) is 1. The number of aryl methyl sites for hydroxylation is 2. The number of ether oxygens (including phenoxy) is 1. The van der Waals surface area contributed by atoms with Crippen molar-refractivity contribution in [3.05, 3.63) is 70.7 Å². The first-order valence-electron chi connectivity index (χ1n) is 11.3. The third-order valence-electron chi connectivity index (χ3n) is 6.22. The van der Waals surface area contributed by atoms with E-state index in [0.29, 0.717) is 35.8 Å². The molecule has 1 aromatic carbocycles. The minimum atomic E-state index is -0.706. The first-order chi connectivity index (χ1) is 16.2. The summed E-state index contributed by atoms with van der Waals surface area (Å²) in [6, 6.07) is 10.3. The number of imidazole rings is 1. The summed E-state index contributed by atoms with van der Waals surface area (Å²) in [6.45, 7) is 4.88. The number of aromatic nitrogens is 2. The molecule has 3 aromatic rings. The molecule has 34 heavy (non-hydrogen) atoms. The number of hydrogen-bond donors (Lipinski definition) is 1. The molecular formula is C26H30N4O4. The van der Waals surface area contributed by atoms with Crippen LogP contribution in [0.5, 0.6) is 5.75 Å². The topological polar surface area (TPSA) is 87.4 Å². The Balaban J connectivity index is 1.88. The van der Waals surface area contributed by atoms with Gasteiger partial charge in [-0.2, -0.15) is 0 Å². The molecule has 3 heterocycles. The highest BCUT2D eigenvalue weighted by Crippen LogP contribution is 2.40. The van der Waals surface area contributed by atoms with Gasteiger partial charge in [0.05, 0.1) is 24.4 Å². The molecule has 0 radical (unpaired) electrons. The molecule has 0 spiro atoms. The number of likely N-dealkylation sites (tertiary alicyclic amines) is 1. The van der Waals surface area contributed by atoms with E-state index in [0.717, 1.165) is 17.7 Å². The lowest BCUT2D eigenvalue weighted by Crippen LogP contribution is -2.32. The zero-order valence-corrected chi connectivity index (χ0v) is 20.2. The summed E-state index contributed by atoms with van der Waals surface area (Å²) in [5.41, 5.74) is 3.45. The number of aliphatic hydroxyl groups is 1. The van der Waals surface area contributed by atoms with Crippen molar-refractivity contribution in [2.75, 3.05) is 34.3 Å². The number of carbonyl (C=O) groups is 2. The smallest absolute Gasteiger partial charge is 0.295 e. The van der Waals surface area contributed by atoms with Crippen molar-refractivity contribution in [3.8, 4) is 5.75 Å². The lowest BCUT2D eigenvalue weighted by molar-refractivity contribution is -0.139. The molecule has 8 heteroatoms. The molecule has 8 nitrogen and oxygen atoms in total. The Hall–Kier alpha value is -3.65. The van der Waals surface area contributed by atoms with Crippen LogP contribution in [0.2, 0.25) is 0 Å². The summed E-state index contributed by atoms with van der Waals surface area (Å²) < 4.78 is 7.04. The molecule has 0 unspecified atom stereocenters. The van der Waals surface area contributed by atoms with Crippen molar-refractivity contribution < 1.29 is 19.4 Å². The molecule has 1 atom stereocenters. The number of nitrogens with zero attached hydrogens (tertiary/aromatic N) is 4. The van der Waals surface area contributed by atoms with Gasteiger partial charge < -0.3 is 19.6 Å². The Bertz CT molecular complexity index is 1270. The van der Waals surface area contributed by atoms with Gasteiger partial charge >= 0.3 is 0 Å².